The summed E-state index contributed by atoms with van der Waals surface area (Å²) in [5, 5.41) is 3.79. The summed E-state index contributed by atoms with van der Waals surface area (Å²) in [6.45, 7) is 2.18. The number of thiocarbonyl (C=S) groups is 1. The zero-order valence-electron chi connectivity index (χ0n) is 18.9. The number of nitrogens with one attached hydrogen (secondary N) is 2. The molecule has 5 rings (SSSR count). The molecule has 2 aromatic heterocycles. The van der Waals surface area contributed by atoms with Gasteiger partial charge in [0.2, 0.25) is 5.82 Å². The van der Waals surface area contributed by atoms with Gasteiger partial charge >= 0.3 is 0 Å². The maximum atomic E-state index is 12.8. The molecule has 0 radical (unpaired) electrons. The number of rotatable bonds is 5. The molecule has 12 heteroatoms. The molecule has 0 spiro atoms. The molecular formula is C23H24N6O4S2. The van der Waals surface area contributed by atoms with E-state index in [1.54, 1.807) is 18.2 Å². The van der Waals surface area contributed by atoms with Crippen LogP contribution in [0.3, 0.4) is 0 Å². The van der Waals surface area contributed by atoms with Gasteiger partial charge in [0.05, 0.1) is 12.0 Å². The second kappa shape index (κ2) is 9.27. The van der Waals surface area contributed by atoms with E-state index in [1.807, 2.05) is 16.7 Å². The van der Waals surface area contributed by atoms with E-state index in [4.69, 9.17) is 17.0 Å². The Morgan fingerprint density at radius 2 is 1.86 bits per heavy atom. The van der Waals surface area contributed by atoms with Crippen LogP contribution in [0.25, 0.3) is 0 Å². The molecule has 0 amide bonds. The number of hydrogen-bond acceptors (Lipinski definition) is 7. The van der Waals surface area contributed by atoms with Gasteiger partial charge < -0.3 is 19.5 Å². The van der Waals surface area contributed by atoms with Crippen molar-refractivity contribution in [2.75, 3.05) is 30.2 Å². The molecular weight excluding hydrogens is 488 g/mol. The first-order chi connectivity index (χ1) is 16.8. The van der Waals surface area contributed by atoms with Crippen molar-refractivity contribution in [1.82, 2.24) is 19.4 Å². The maximum absolute atomic E-state index is 12.8. The molecule has 2 atom stereocenters. The standard InChI is InChI=1S/C23H24N6O4S2/c1-33-22-21(24-9-10-25-22)27-35(31,32)18-7-5-17(6-8-18)26-23(34)28-12-15-11-16(14-28)19-3-2-4-20(30)29(19)13-15/h2-10,15-16H,11-14H2,1H3,(H,24,27)(H,26,34)/t15-,16-/m1/s1. The maximum Gasteiger partial charge on any atom is 0.263 e. The Morgan fingerprint density at radius 1 is 1.09 bits per heavy atom. The number of fused-ring (bicyclic) bond motifs is 4. The van der Waals surface area contributed by atoms with Gasteiger partial charge in [-0.2, -0.15) is 0 Å². The van der Waals surface area contributed by atoms with E-state index in [2.05, 4.69) is 24.9 Å². The third kappa shape index (κ3) is 4.71. The number of hydrogen-bond donors (Lipinski definition) is 2. The minimum absolute atomic E-state index is 0.0119. The summed E-state index contributed by atoms with van der Waals surface area (Å²) < 4.78 is 34.9. The first-order valence-electron chi connectivity index (χ1n) is 11.1. The van der Waals surface area contributed by atoms with E-state index in [0.717, 1.165) is 25.2 Å². The van der Waals surface area contributed by atoms with Crippen LogP contribution in [0.1, 0.15) is 18.0 Å². The van der Waals surface area contributed by atoms with Crippen molar-refractivity contribution in [3.8, 4) is 5.88 Å². The molecule has 1 fully saturated rings. The molecule has 2 aliphatic rings. The van der Waals surface area contributed by atoms with Crippen molar-refractivity contribution < 1.29 is 13.2 Å². The van der Waals surface area contributed by atoms with Crippen LogP contribution in [-0.2, 0) is 16.6 Å². The number of sulfonamides is 1. The predicted molar refractivity (Wildman–Crippen MR) is 135 cm³/mol. The minimum Gasteiger partial charge on any atom is -0.478 e. The number of likely N-dealkylation sites (tertiary alicyclic amines) is 1. The van der Waals surface area contributed by atoms with Gasteiger partial charge in [0.15, 0.2) is 5.11 Å². The Labute approximate surface area is 208 Å². The number of piperidine rings is 1. The number of anilines is 2. The number of benzene rings is 1. The van der Waals surface area contributed by atoms with E-state index in [1.165, 1.54) is 31.6 Å². The number of pyridine rings is 1. The van der Waals surface area contributed by atoms with Crippen molar-refractivity contribution in [3.63, 3.8) is 0 Å². The van der Waals surface area contributed by atoms with Crippen molar-refractivity contribution in [3.05, 3.63) is 70.9 Å². The van der Waals surface area contributed by atoms with Gasteiger partial charge in [-0.05, 0) is 54.9 Å². The fourth-order valence-electron chi connectivity index (χ4n) is 4.71. The topological polar surface area (TPSA) is 118 Å². The largest absolute Gasteiger partial charge is 0.478 e. The molecule has 10 nitrogen and oxygen atoms in total. The van der Waals surface area contributed by atoms with Crippen LogP contribution in [0, 0.1) is 5.92 Å². The molecule has 1 saturated heterocycles. The molecule has 0 aliphatic carbocycles. The minimum atomic E-state index is -3.89. The van der Waals surface area contributed by atoms with E-state index < -0.39 is 10.0 Å². The second-order valence-electron chi connectivity index (χ2n) is 8.58. The lowest BCUT2D eigenvalue weighted by Crippen LogP contribution is -2.50. The van der Waals surface area contributed by atoms with E-state index in [-0.39, 0.29) is 28.1 Å². The summed E-state index contributed by atoms with van der Waals surface area (Å²) in [5.74, 6) is 0.682. The van der Waals surface area contributed by atoms with E-state index >= 15 is 0 Å². The fourth-order valence-corrected chi connectivity index (χ4v) is 5.99. The molecule has 182 valence electrons. The highest BCUT2D eigenvalue weighted by Crippen LogP contribution is 2.35. The van der Waals surface area contributed by atoms with Gasteiger partial charge in [0, 0.05) is 55.4 Å². The van der Waals surface area contributed by atoms with E-state index in [0.29, 0.717) is 23.3 Å². The Bertz CT molecular complexity index is 1420. The lowest BCUT2D eigenvalue weighted by atomic mass is 9.83. The Balaban J connectivity index is 1.26. The molecule has 0 unspecified atom stereocenters. The second-order valence-corrected chi connectivity index (χ2v) is 10.6. The van der Waals surface area contributed by atoms with Crippen LogP contribution in [-0.4, -0.2) is 53.2 Å². The predicted octanol–water partition coefficient (Wildman–Crippen LogP) is 2.26. The van der Waals surface area contributed by atoms with Crippen molar-refractivity contribution in [1.29, 1.82) is 0 Å². The summed E-state index contributed by atoms with van der Waals surface area (Å²) in [4.78, 5) is 22.4. The van der Waals surface area contributed by atoms with Crippen molar-refractivity contribution in [2.24, 2.45) is 5.92 Å². The summed E-state index contributed by atoms with van der Waals surface area (Å²) in [6.07, 6.45) is 3.83. The molecule has 2 N–H and O–H groups in total. The molecule has 2 aliphatic heterocycles. The first-order valence-corrected chi connectivity index (χ1v) is 13.0. The lowest BCUT2D eigenvalue weighted by molar-refractivity contribution is 0.180. The molecule has 1 aromatic carbocycles. The summed E-state index contributed by atoms with van der Waals surface area (Å²) in [5.41, 5.74) is 1.79. The summed E-state index contributed by atoms with van der Waals surface area (Å²) in [6, 6.07) is 11.7. The number of aromatic nitrogens is 3. The SMILES string of the molecule is COc1nccnc1NS(=O)(=O)c1ccc(NC(=S)N2C[C@H]3C[C@H](C2)c2cccc(=O)n2C3)cc1. The van der Waals surface area contributed by atoms with Gasteiger partial charge in [-0.1, -0.05) is 6.07 Å². The smallest absolute Gasteiger partial charge is 0.263 e. The zero-order valence-corrected chi connectivity index (χ0v) is 20.6. The fraction of sp³-hybridized carbons (Fsp3) is 0.304. The highest BCUT2D eigenvalue weighted by molar-refractivity contribution is 7.92. The monoisotopic (exact) mass is 512 g/mol. The number of ether oxygens (including phenoxy) is 1. The van der Waals surface area contributed by atoms with E-state index in [9.17, 15) is 13.2 Å². The lowest BCUT2D eigenvalue weighted by Gasteiger charge is -2.43. The Hall–Kier alpha value is -3.51. The molecule has 2 bridgehead atoms. The first kappa shape index (κ1) is 23.2. The molecule has 0 saturated carbocycles. The normalized spacial score (nSPS) is 18.9. The third-order valence-electron chi connectivity index (χ3n) is 6.27. The average Bonchev–Trinajstić information content (AvgIpc) is 2.85. The van der Waals surface area contributed by atoms with Gasteiger partial charge in [0.25, 0.3) is 21.5 Å². The van der Waals surface area contributed by atoms with Gasteiger partial charge in [-0.3, -0.25) is 9.52 Å². The van der Waals surface area contributed by atoms with Crippen molar-refractivity contribution in [2.45, 2.75) is 23.8 Å². The average molecular weight is 513 g/mol. The summed E-state index contributed by atoms with van der Waals surface area (Å²) >= 11 is 5.67. The van der Waals surface area contributed by atoms with Gasteiger partial charge in [-0.25, -0.2) is 18.4 Å². The van der Waals surface area contributed by atoms with Crippen LogP contribution < -0.4 is 20.3 Å². The molecule has 3 aromatic rings. The highest BCUT2D eigenvalue weighted by atomic mass is 32.2. The van der Waals surface area contributed by atoms with Crippen LogP contribution in [0.4, 0.5) is 11.5 Å². The number of nitrogens with zero attached hydrogens (tertiary/aromatic N) is 4. The van der Waals surface area contributed by atoms with Crippen LogP contribution in [0.15, 0.2) is 64.5 Å². The van der Waals surface area contributed by atoms with Crippen LogP contribution in [0.2, 0.25) is 0 Å². The number of methoxy groups -OCH3 is 1. The molecule has 35 heavy (non-hydrogen) atoms. The van der Waals surface area contributed by atoms with Crippen LogP contribution >= 0.6 is 12.2 Å². The zero-order chi connectivity index (χ0) is 24.6. The van der Waals surface area contributed by atoms with Crippen LogP contribution in [0.5, 0.6) is 5.88 Å². The Morgan fingerprint density at radius 3 is 2.63 bits per heavy atom. The highest BCUT2D eigenvalue weighted by Gasteiger charge is 2.35. The summed E-state index contributed by atoms with van der Waals surface area (Å²) in [7, 11) is -2.50. The van der Waals surface area contributed by atoms with Crippen molar-refractivity contribution >= 4 is 38.9 Å². The quantitative estimate of drug-likeness (QED) is 0.496. The van der Waals surface area contributed by atoms with Gasteiger partial charge in [0.1, 0.15) is 0 Å². The molecule has 4 heterocycles. The van der Waals surface area contributed by atoms with Gasteiger partial charge in [-0.15, -0.1) is 0 Å². The third-order valence-corrected chi connectivity index (χ3v) is 7.99. The Kier molecular flexibility index (Phi) is 6.15.